The van der Waals surface area contributed by atoms with Crippen LogP contribution in [0.25, 0.3) is 0 Å². The molecule has 3 heteroatoms. The second kappa shape index (κ2) is 6.57. The first-order valence-corrected chi connectivity index (χ1v) is 7.79. The average molecular weight is 278 g/mol. The van der Waals surface area contributed by atoms with Gasteiger partial charge in [-0.15, -0.1) is 0 Å². The lowest BCUT2D eigenvalue weighted by molar-refractivity contribution is 0.548. The van der Waals surface area contributed by atoms with Crippen molar-refractivity contribution >= 4 is 5.69 Å². The molecule has 2 rings (SSSR count). The summed E-state index contributed by atoms with van der Waals surface area (Å²) >= 11 is 0. The molecule has 112 valence electrons. The summed E-state index contributed by atoms with van der Waals surface area (Å²) in [7, 11) is 2.13. The summed E-state index contributed by atoms with van der Waals surface area (Å²) in [6.45, 7) is 3.75. The maximum atomic E-state index is 13.8. The average Bonchev–Trinajstić information content (AvgIpc) is 2.69. The Bertz CT molecular complexity index is 449. The van der Waals surface area contributed by atoms with Gasteiger partial charge in [0.15, 0.2) is 0 Å². The number of nitrogens with two attached hydrogens (primary N) is 1. The second-order valence-corrected chi connectivity index (χ2v) is 6.21. The van der Waals surface area contributed by atoms with Gasteiger partial charge in [0.05, 0.1) is 0 Å². The maximum Gasteiger partial charge on any atom is 0.126 e. The molecule has 0 amide bonds. The lowest BCUT2D eigenvalue weighted by Crippen LogP contribution is -2.32. The van der Waals surface area contributed by atoms with E-state index in [9.17, 15) is 4.39 Å². The largest absolute Gasteiger partial charge is 0.371 e. The van der Waals surface area contributed by atoms with Crippen LogP contribution in [0.2, 0.25) is 0 Å². The molecule has 20 heavy (non-hydrogen) atoms. The summed E-state index contributed by atoms with van der Waals surface area (Å²) in [4.78, 5) is 2.33. The van der Waals surface area contributed by atoms with Gasteiger partial charge in [0.25, 0.3) is 0 Å². The summed E-state index contributed by atoms with van der Waals surface area (Å²) < 4.78 is 13.8. The Morgan fingerprint density at radius 2 is 1.80 bits per heavy atom. The highest BCUT2D eigenvalue weighted by Crippen LogP contribution is 2.32. The molecule has 1 aromatic carbocycles. The molecule has 1 saturated carbocycles. The highest BCUT2D eigenvalue weighted by Gasteiger charge is 2.21. The minimum Gasteiger partial charge on any atom is -0.371 e. The normalized spacial score (nSPS) is 18.6. The molecule has 1 fully saturated rings. The van der Waals surface area contributed by atoms with Gasteiger partial charge in [0, 0.05) is 24.8 Å². The number of rotatable bonds is 3. The predicted octanol–water partition coefficient (Wildman–Crippen LogP) is 4.31. The smallest absolute Gasteiger partial charge is 0.126 e. The SMILES string of the molecule is Cc1cc(N(C)C2CCCCCC2)c([C@H](C)N)cc1F. The van der Waals surface area contributed by atoms with E-state index in [1.54, 1.807) is 6.07 Å². The van der Waals surface area contributed by atoms with Crippen LogP contribution in [0.15, 0.2) is 12.1 Å². The van der Waals surface area contributed by atoms with Gasteiger partial charge in [-0.1, -0.05) is 25.7 Å². The minimum atomic E-state index is -0.157. The van der Waals surface area contributed by atoms with Crippen molar-refractivity contribution in [3.8, 4) is 0 Å². The van der Waals surface area contributed by atoms with Gasteiger partial charge in [-0.2, -0.15) is 0 Å². The summed E-state index contributed by atoms with van der Waals surface area (Å²) in [5.41, 5.74) is 8.76. The molecule has 0 saturated heterocycles. The van der Waals surface area contributed by atoms with E-state index in [1.807, 2.05) is 19.9 Å². The summed E-state index contributed by atoms with van der Waals surface area (Å²) in [6, 6.07) is 3.98. The molecule has 0 aliphatic heterocycles. The first kappa shape index (κ1) is 15.3. The van der Waals surface area contributed by atoms with Crippen molar-refractivity contribution in [3.63, 3.8) is 0 Å². The van der Waals surface area contributed by atoms with Crippen LogP contribution in [0.1, 0.15) is 62.6 Å². The van der Waals surface area contributed by atoms with Crippen LogP contribution in [0.3, 0.4) is 0 Å². The van der Waals surface area contributed by atoms with Gasteiger partial charge in [-0.05, 0) is 49.9 Å². The molecule has 1 aliphatic carbocycles. The second-order valence-electron chi connectivity index (χ2n) is 6.21. The number of hydrogen-bond donors (Lipinski definition) is 1. The molecule has 0 radical (unpaired) electrons. The first-order valence-electron chi connectivity index (χ1n) is 7.79. The van der Waals surface area contributed by atoms with Crippen molar-refractivity contribution in [2.45, 2.75) is 64.5 Å². The van der Waals surface area contributed by atoms with Crippen molar-refractivity contribution in [3.05, 3.63) is 29.1 Å². The zero-order chi connectivity index (χ0) is 14.7. The van der Waals surface area contributed by atoms with E-state index in [4.69, 9.17) is 5.73 Å². The third kappa shape index (κ3) is 3.32. The van der Waals surface area contributed by atoms with Crippen LogP contribution in [0.4, 0.5) is 10.1 Å². The Morgan fingerprint density at radius 1 is 1.20 bits per heavy atom. The van der Waals surface area contributed by atoms with E-state index in [0.717, 1.165) is 11.3 Å². The number of anilines is 1. The van der Waals surface area contributed by atoms with Crippen LogP contribution in [-0.2, 0) is 0 Å². The number of hydrogen-bond acceptors (Lipinski definition) is 2. The lowest BCUT2D eigenvalue weighted by atomic mass is 10.00. The van der Waals surface area contributed by atoms with Crippen molar-refractivity contribution in [2.24, 2.45) is 5.73 Å². The fourth-order valence-electron chi connectivity index (χ4n) is 3.19. The molecular formula is C17H27FN2. The third-order valence-corrected chi connectivity index (χ3v) is 4.55. The maximum absolute atomic E-state index is 13.8. The zero-order valence-electron chi connectivity index (χ0n) is 13.0. The molecular weight excluding hydrogens is 251 g/mol. The van der Waals surface area contributed by atoms with E-state index in [2.05, 4.69) is 11.9 Å². The molecule has 0 bridgehead atoms. The topological polar surface area (TPSA) is 29.3 Å². The Kier molecular flexibility index (Phi) is 5.03. The van der Waals surface area contributed by atoms with Crippen LogP contribution in [0, 0.1) is 12.7 Å². The summed E-state index contributed by atoms with van der Waals surface area (Å²) in [6.07, 6.45) is 7.72. The summed E-state index contributed by atoms with van der Waals surface area (Å²) in [5.74, 6) is -0.157. The van der Waals surface area contributed by atoms with Crippen LogP contribution >= 0.6 is 0 Å². The van der Waals surface area contributed by atoms with Gasteiger partial charge in [-0.3, -0.25) is 0 Å². The first-order chi connectivity index (χ1) is 9.50. The van der Waals surface area contributed by atoms with E-state index in [1.165, 1.54) is 38.5 Å². The molecule has 0 spiro atoms. The molecule has 1 aromatic rings. The number of nitrogens with zero attached hydrogens (tertiary/aromatic N) is 1. The quantitative estimate of drug-likeness (QED) is 0.835. The fraction of sp³-hybridized carbons (Fsp3) is 0.647. The Hall–Kier alpha value is -1.09. The molecule has 2 N–H and O–H groups in total. The fourth-order valence-corrected chi connectivity index (χ4v) is 3.19. The molecule has 2 nitrogen and oxygen atoms in total. The van der Waals surface area contributed by atoms with E-state index in [-0.39, 0.29) is 11.9 Å². The highest BCUT2D eigenvalue weighted by atomic mass is 19.1. The Balaban J connectivity index is 2.31. The van der Waals surface area contributed by atoms with Crippen molar-refractivity contribution < 1.29 is 4.39 Å². The van der Waals surface area contributed by atoms with Gasteiger partial charge in [0.2, 0.25) is 0 Å². The third-order valence-electron chi connectivity index (χ3n) is 4.55. The zero-order valence-corrected chi connectivity index (χ0v) is 13.0. The van der Waals surface area contributed by atoms with E-state index in [0.29, 0.717) is 11.6 Å². The molecule has 0 heterocycles. The van der Waals surface area contributed by atoms with E-state index >= 15 is 0 Å². The predicted molar refractivity (Wildman–Crippen MR) is 83.6 cm³/mol. The molecule has 0 aromatic heterocycles. The summed E-state index contributed by atoms with van der Waals surface area (Å²) in [5, 5.41) is 0. The minimum absolute atomic E-state index is 0.145. The van der Waals surface area contributed by atoms with Crippen LogP contribution in [-0.4, -0.2) is 13.1 Å². The monoisotopic (exact) mass is 278 g/mol. The van der Waals surface area contributed by atoms with Gasteiger partial charge >= 0.3 is 0 Å². The van der Waals surface area contributed by atoms with Gasteiger partial charge in [0.1, 0.15) is 5.82 Å². The molecule has 0 unspecified atom stereocenters. The van der Waals surface area contributed by atoms with Crippen molar-refractivity contribution in [1.29, 1.82) is 0 Å². The highest BCUT2D eigenvalue weighted by molar-refractivity contribution is 5.57. The number of halogens is 1. The van der Waals surface area contributed by atoms with Crippen LogP contribution in [0.5, 0.6) is 0 Å². The number of aryl methyl sites for hydroxylation is 1. The lowest BCUT2D eigenvalue weighted by Gasteiger charge is -2.32. The molecule has 1 aliphatic rings. The standard InChI is InChI=1S/C17H27FN2/c1-12-10-17(15(13(2)19)11-16(12)18)20(3)14-8-6-4-5-7-9-14/h10-11,13-14H,4-9,19H2,1-3H3/t13-/m0/s1. The Morgan fingerprint density at radius 3 is 2.35 bits per heavy atom. The molecule has 1 atom stereocenters. The van der Waals surface area contributed by atoms with Gasteiger partial charge < -0.3 is 10.6 Å². The number of benzene rings is 1. The van der Waals surface area contributed by atoms with Crippen LogP contribution < -0.4 is 10.6 Å². The van der Waals surface area contributed by atoms with Crippen molar-refractivity contribution in [1.82, 2.24) is 0 Å². The Labute approximate surface area is 122 Å². The van der Waals surface area contributed by atoms with Gasteiger partial charge in [-0.25, -0.2) is 4.39 Å². The van der Waals surface area contributed by atoms with Crippen molar-refractivity contribution in [2.75, 3.05) is 11.9 Å². The van der Waals surface area contributed by atoms with E-state index < -0.39 is 0 Å².